The van der Waals surface area contributed by atoms with Crippen molar-refractivity contribution in [1.29, 1.82) is 0 Å². The number of hydrogen-bond donors (Lipinski definition) is 1. The van der Waals surface area contributed by atoms with Gasteiger partial charge in [0, 0.05) is 46.4 Å². The van der Waals surface area contributed by atoms with Gasteiger partial charge in [-0.15, -0.1) is 0 Å². The van der Waals surface area contributed by atoms with Crippen LogP contribution in [-0.2, 0) is 11.2 Å². The summed E-state index contributed by atoms with van der Waals surface area (Å²) < 4.78 is 10.6. The van der Waals surface area contributed by atoms with E-state index in [1.54, 1.807) is 7.11 Å². The number of nitrogens with two attached hydrogens (primary N) is 1. The highest BCUT2D eigenvalue weighted by Gasteiger charge is 2.35. The topological polar surface area (TPSA) is 80.7 Å². The predicted molar refractivity (Wildman–Crippen MR) is 68.6 cm³/mol. The lowest BCUT2D eigenvalue weighted by molar-refractivity contribution is 0.00781. The summed E-state index contributed by atoms with van der Waals surface area (Å²) in [5.74, 6) is 1.41. The molecule has 0 radical (unpaired) electrons. The maximum Gasteiger partial charge on any atom is 0.229 e. The second-order valence-electron chi connectivity index (χ2n) is 5.20. The number of piperazine rings is 3. The van der Waals surface area contributed by atoms with Crippen LogP contribution in [0.3, 0.4) is 0 Å². The monoisotopic (exact) mass is 267 g/mol. The van der Waals surface area contributed by atoms with Gasteiger partial charge in [-0.2, -0.15) is 4.98 Å². The molecule has 0 spiro atoms. The Morgan fingerprint density at radius 3 is 2.79 bits per heavy atom. The van der Waals surface area contributed by atoms with Crippen LogP contribution in [0.15, 0.2) is 4.52 Å². The van der Waals surface area contributed by atoms with Gasteiger partial charge in [-0.05, 0) is 0 Å². The molecule has 3 aliphatic heterocycles. The third-order valence-corrected chi connectivity index (χ3v) is 4.06. The van der Waals surface area contributed by atoms with E-state index >= 15 is 0 Å². The summed E-state index contributed by atoms with van der Waals surface area (Å²) in [6.07, 6.45) is 0.524. The van der Waals surface area contributed by atoms with E-state index in [0.29, 0.717) is 18.9 Å². The van der Waals surface area contributed by atoms with Gasteiger partial charge >= 0.3 is 0 Å². The SMILES string of the molecule is COC(CN)Cc1nc(C2CN3CCN2CC3)no1. The Morgan fingerprint density at radius 2 is 2.21 bits per heavy atom. The molecule has 4 heterocycles. The summed E-state index contributed by atoms with van der Waals surface area (Å²) in [6.45, 7) is 5.96. The molecule has 2 atom stereocenters. The van der Waals surface area contributed by atoms with Crippen molar-refractivity contribution in [2.24, 2.45) is 5.73 Å². The van der Waals surface area contributed by atoms with Crippen molar-refractivity contribution >= 4 is 0 Å². The zero-order valence-corrected chi connectivity index (χ0v) is 11.3. The molecular formula is C12H21N5O2. The van der Waals surface area contributed by atoms with Gasteiger partial charge in [-0.1, -0.05) is 5.16 Å². The highest BCUT2D eigenvalue weighted by molar-refractivity contribution is 5.01. The normalized spacial score (nSPS) is 31.6. The van der Waals surface area contributed by atoms with Crippen LogP contribution in [0.5, 0.6) is 0 Å². The highest BCUT2D eigenvalue weighted by Crippen LogP contribution is 2.26. The summed E-state index contributed by atoms with van der Waals surface area (Å²) in [6, 6.07) is 0.277. The number of methoxy groups -OCH3 is 1. The molecule has 106 valence electrons. The fraction of sp³-hybridized carbons (Fsp3) is 0.833. The van der Waals surface area contributed by atoms with Crippen molar-refractivity contribution in [3.63, 3.8) is 0 Å². The van der Waals surface area contributed by atoms with Crippen molar-refractivity contribution < 1.29 is 9.26 Å². The molecular weight excluding hydrogens is 246 g/mol. The van der Waals surface area contributed by atoms with Crippen molar-refractivity contribution in [2.45, 2.75) is 18.6 Å². The van der Waals surface area contributed by atoms with E-state index in [-0.39, 0.29) is 12.1 Å². The van der Waals surface area contributed by atoms with E-state index in [4.69, 9.17) is 15.0 Å². The van der Waals surface area contributed by atoms with E-state index in [1.165, 1.54) is 0 Å². The van der Waals surface area contributed by atoms with Gasteiger partial charge in [0.25, 0.3) is 0 Å². The van der Waals surface area contributed by atoms with Gasteiger partial charge in [0.2, 0.25) is 5.89 Å². The molecule has 2 N–H and O–H groups in total. The van der Waals surface area contributed by atoms with Gasteiger partial charge in [0.05, 0.1) is 18.6 Å². The quantitative estimate of drug-likeness (QED) is 0.752. The minimum absolute atomic E-state index is 0.0554. The molecule has 1 aromatic rings. The third-order valence-electron chi connectivity index (χ3n) is 4.06. The Hall–Kier alpha value is -1.02. The molecule has 0 amide bonds. The molecule has 0 aliphatic carbocycles. The van der Waals surface area contributed by atoms with E-state index in [0.717, 1.165) is 38.5 Å². The van der Waals surface area contributed by atoms with Crippen LogP contribution in [-0.4, -0.2) is 72.4 Å². The zero-order chi connectivity index (χ0) is 13.2. The lowest BCUT2D eigenvalue weighted by Crippen LogP contribution is -2.57. The van der Waals surface area contributed by atoms with Crippen molar-refractivity contribution in [3.8, 4) is 0 Å². The Morgan fingerprint density at radius 1 is 1.42 bits per heavy atom. The van der Waals surface area contributed by atoms with Crippen molar-refractivity contribution in [3.05, 3.63) is 11.7 Å². The number of aromatic nitrogens is 2. The second kappa shape index (κ2) is 5.54. The summed E-state index contributed by atoms with van der Waals surface area (Å²) in [7, 11) is 1.65. The summed E-state index contributed by atoms with van der Waals surface area (Å²) in [5, 5.41) is 4.13. The van der Waals surface area contributed by atoms with Crippen LogP contribution in [0.4, 0.5) is 0 Å². The third kappa shape index (κ3) is 2.64. The predicted octanol–water partition coefficient (Wildman–Crippen LogP) is -0.742. The Bertz CT molecular complexity index is 412. The summed E-state index contributed by atoms with van der Waals surface area (Å²) >= 11 is 0. The molecule has 2 unspecified atom stereocenters. The molecule has 0 saturated carbocycles. The van der Waals surface area contributed by atoms with E-state index in [2.05, 4.69) is 19.9 Å². The van der Waals surface area contributed by atoms with E-state index in [1.807, 2.05) is 0 Å². The molecule has 7 nitrogen and oxygen atoms in total. The minimum Gasteiger partial charge on any atom is -0.380 e. The minimum atomic E-state index is -0.0554. The van der Waals surface area contributed by atoms with Gasteiger partial charge in [-0.3, -0.25) is 9.80 Å². The maximum absolute atomic E-state index is 5.60. The molecule has 0 aromatic carbocycles. The molecule has 7 heteroatoms. The van der Waals surface area contributed by atoms with Crippen molar-refractivity contribution in [1.82, 2.24) is 19.9 Å². The zero-order valence-electron chi connectivity index (χ0n) is 11.3. The maximum atomic E-state index is 5.60. The van der Waals surface area contributed by atoms with E-state index < -0.39 is 0 Å². The first kappa shape index (κ1) is 13.0. The van der Waals surface area contributed by atoms with Crippen LogP contribution in [0.25, 0.3) is 0 Å². The average Bonchev–Trinajstić information content (AvgIpc) is 2.94. The number of nitrogens with zero attached hydrogens (tertiary/aromatic N) is 4. The van der Waals surface area contributed by atoms with Gasteiger partial charge in [-0.25, -0.2) is 0 Å². The molecule has 2 bridgehead atoms. The van der Waals surface area contributed by atoms with Crippen LogP contribution in [0.1, 0.15) is 17.8 Å². The molecule has 4 rings (SSSR count). The van der Waals surface area contributed by atoms with Crippen LogP contribution in [0, 0.1) is 0 Å². The Kier molecular flexibility index (Phi) is 3.79. The summed E-state index contributed by atoms with van der Waals surface area (Å²) in [4.78, 5) is 9.40. The van der Waals surface area contributed by atoms with Crippen LogP contribution >= 0.6 is 0 Å². The lowest BCUT2D eigenvalue weighted by Gasteiger charge is -2.46. The molecule has 1 aromatic heterocycles. The summed E-state index contributed by atoms with van der Waals surface area (Å²) in [5.41, 5.74) is 5.60. The second-order valence-corrected chi connectivity index (χ2v) is 5.20. The average molecular weight is 267 g/mol. The molecule has 3 aliphatic rings. The van der Waals surface area contributed by atoms with Gasteiger partial charge in [0.15, 0.2) is 5.82 Å². The largest absolute Gasteiger partial charge is 0.380 e. The Labute approximate surface area is 112 Å². The smallest absolute Gasteiger partial charge is 0.229 e. The van der Waals surface area contributed by atoms with Gasteiger partial charge < -0.3 is 15.0 Å². The van der Waals surface area contributed by atoms with Crippen LogP contribution < -0.4 is 5.73 Å². The van der Waals surface area contributed by atoms with Crippen LogP contribution in [0.2, 0.25) is 0 Å². The first-order valence-electron chi connectivity index (χ1n) is 6.82. The number of ether oxygens (including phenoxy) is 1. The molecule has 3 fully saturated rings. The Balaban J connectivity index is 1.67. The lowest BCUT2D eigenvalue weighted by atomic mass is 10.1. The number of fused-ring (bicyclic) bond motifs is 3. The van der Waals surface area contributed by atoms with Crippen molar-refractivity contribution in [2.75, 3.05) is 46.4 Å². The number of rotatable bonds is 5. The fourth-order valence-corrected chi connectivity index (χ4v) is 2.81. The first-order chi connectivity index (χ1) is 9.30. The molecule has 3 saturated heterocycles. The number of hydrogen-bond acceptors (Lipinski definition) is 7. The molecule has 19 heavy (non-hydrogen) atoms. The van der Waals surface area contributed by atoms with E-state index in [9.17, 15) is 0 Å². The highest BCUT2D eigenvalue weighted by atomic mass is 16.5. The standard InChI is InChI=1S/C12H21N5O2/c1-18-9(7-13)6-11-14-12(15-19-11)10-8-16-2-4-17(10)5-3-16/h9-10H,2-8,13H2,1H3. The first-order valence-corrected chi connectivity index (χ1v) is 6.82. The fourth-order valence-electron chi connectivity index (χ4n) is 2.81. The van der Waals surface area contributed by atoms with Gasteiger partial charge in [0.1, 0.15) is 0 Å².